The molecule has 1 aromatic rings. The van der Waals surface area contributed by atoms with Gasteiger partial charge in [0, 0.05) is 0 Å². The molecule has 0 radical (unpaired) electrons. The van der Waals surface area contributed by atoms with Crippen LogP contribution in [0, 0.1) is 5.92 Å². The highest BCUT2D eigenvalue weighted by Gasteiger charge is 2.20. The number of ether oxygens (including phenoxy) is 2. The molecule has 0 amide bonds. The van der Waals surface area contributed by atoms with Crippen LogP contribution < -0.4 is 0 Å². The van der Waals surface area contributed by atoms with Crippen molar-refractivity contribution in [2.45, 2.75) is 32.6 Å². The Bertz CT molecular complexity index is 402. The van der Waals surface area contributed by atoms with Crippen LogP contribution in [-0.2, 0) is 19.1 Å². The topological polar surface area (TPSA) is 52.6 Å². The summed E-state index contributed by atoms with van der Waals surface area (Å²) >= 11 is 0. The number of benzene rings is 1. The maximum atomic E-state index is 11.8. The summed E-state index contributed by atoms with van der Waals surface area (Å²) in [6.45, 7) is 4.56. The zero-order chi connectivity index (χ0) is 14.8. The van der Waals surface area contributed by atoms with E-state index >= 15 is 0 Å². The molecule has 4 nitrogen and oxygen atoms in total. The average Bonchev–Trinajstić information content (AvgIpc) is 2.49. The lowest BCUT2D eigenvalue weighted by Gasteiger charge is -2.19. The van der Waals surface area contributed by atoms with E-state index in [1.54, 1.807) is 0 Å². The molecule has 110 valence electrons. The van der Waals surface area contributed by atoms with E-state index in [0.29, 0.717) is 12.4 Å². The second-order valence-corrected chi connectivity index (χ2v) is 4.79. The molecule has 0 aromatic heterocycles. The average molecular weight is 278 g/mol. The van der Waals surface area contributed by atoms with E-state index in [2.05, 4.69) is 23.8 Å². The number of carbonyl (C=O) groups excluding carboxylic acids is 2. The third-order valence-electron chi connectivity index (χ3n) is 3.32. The molecule has 1 rings (SSSR count). The Morgan fingerprint density at radius 2 is 1.95 bits per heavy atom. The van der Waals surface area contributed by atoms with Crippen molar-refractivity contribution in [1.29, 1.82) is 0 Å². The first-order valence-corrected chi connectivity index (χ1v) is 6.95. The number of hydrogen-bond acceptors (Lipinski definition) is 4. The minimum Gasteiger partial charge on any atom is -0.464 e. The molecule has 0 saturated heterocycles. The molecule has 0 aliphatic carbocycles. The largest absolute Gasteiger partial charge is 0.464 e. The van der Waals surface area contributed by atoms with Crippen LogP contribution in [0.4, 0.5) is 0 Å². The lowest BCUT2D eigenvalue weighted by molar-refractivity contribution is -0.151. The summed E-state index contributed by atoms with van der Waals surface area (Å²) in [7, 11) is 0. The molecule has 0 saturated carbocycles. The SMILES string of the molecule is CCC(CC(C)C(=O)OCCOC=O)c1ccccc1. The summed E-state index contributed by atoms with van der Waals surface area (Å²) in [6, 6.07) is 10.2. The fourth-order valence-electron chi connectivity index (χ4n) is 2.17. The van der Waals surface area contributed by atoms with Gasteiger partial charge in [-0.05, 0) is 24.3 Å². The fourth-order valence-corrected chi connectivity index (χ4v) is 2.17. The summed E-state index contributed by atoms with van der Waals surface area (Å²) in [4.78, 5) is 21.8. The Morgan fingerprint density at radius 1 is 1.25 bits per heavy atom. The molecule has 0 heterocycles. The van der Waals surface area contributed by atoms with Gasteiger partial charge < -0.3 is 9.47 Å². The molecule has 4 heteroatoms. The molecular formula is C16H22O4. The summed E-state index contributed by atoms with van der Waals surface area (Å²) in [5.74, 6) is -0.0600. The lowest BCUT2D eigenvalue weighted by atomic mass is 9.88. The second-order valence-electron chi connectivity index (χ2n) is 4.79. The van der Waals surface area contributed by atoms with Gasteiger partial charge in [0.15, 0.2) is 0 Å². The van der Waals surface area contributed by atoms with Crippen molar-refractivity contribution >= 4 is 12.4 Å². The van der Waals surface area contributed by atoms with Crippen LogP contribution in [0.5, 0.6) is 0 Å². The van der Waals surface area contributed by atoms with Crippen LogP contribution in [0.1, 0.15) is 38.2 Å². The first-order chi connectivity index (χ1) is 9.69. The minimum absolute atomic E-state index is 0.109. The lowest BCUT2D eigenvalue weighted by Crippen LogP contribution is -2.19. The molecular weight excluding hydrogens is 256 g/mol. The third-order valence-corrected chi connectivity index (χ3v) is 3.32. The Hall–Kier alpha value is -1.84. The molecule has 20 heavy (non-hydrogen) atoms. The van der Waals surface area contributed by atoms with Crippen molar-refractivity contribution in [3.05, 3.63) is 35.9 Å². The predicted octanol–water partition coefficient (Wildman–Crippen LogP) is 2.92. The summed E-state index contributed by atoms with van der Waals surface area (Å²) < 4.78 is 9.54. The van der Waals surface area contributed by atoms with Crippen LogP contribution >= 0.6 is 0 Å². The van der Waals surface area contributed by atoms with E-state index in [1.165, 1.54) is 5.56 Å². The van der Waals surface area contributed by atoms with Gasteiger partial charge in [-0.1, -0.05) is 44.2 Å². The van der Waals surface area contributed by atoms with Crippen LogP contribution in [0.2, 0.25) is 0 Å². The highest BCUT2D eigenvalue weighted by atomic mass is 16.6. The normalized spacial score (nSPS) is 13.3. The summed E-state index contributed by atoms with van der Waals surface area (Å²) in [5.41, 5.74) is 1.25. The number of esters is 1. The van der Waals surface area contributed by atoms with E-state index in [0.717, 1.165) is 12.8 Å². The molecule has 1 aromatic carbocycles. The second kappa shape index (κ2) is 9.13. The van der Waals surface area contributed by atoms with Crippen LogP contribution in [0.15, 0.2) is 30.3 Å². The van der Waals surface area contributed by atoms with Crippen molar-refractivity contribution in [1.82, 2.24) is 0 Å². The van der Waals surface area contributed by atoms with Crippen LogP contribution in [-0.4, -0.2) is 25.7 Å². The van der Waals surface area contributed by atoms with E-state index < -0.39 is 0 Å². The molecule has 0 N–H and O–H groups in total. The van der Waals surface area contributed by atoms with E-state index in [9.17, 15) is 9.59 Å². The molecule has 2 unspecified atom stereocenters. The zero-order valence-corrected chi connectivity index (χ0v) is 12.1. The van der Waals surface area contributed by atoms with Crippen LogP contribution in [0.25, 0.3) is 0 Å². The smallest absolute Gasteiger partial charge is 0.308 e. The predicted molar refractivity (Wildman–Crippen MR) is 76.2 cm³/mol. The van der Waals surface area contributed by atoms with Gasteiger partial charge in [-0.2, -0.15) is 0 Å². The number of hydrogen-bond donors (Lipinski definition) is 0. The molecule has 2 atom stereocenters. The van der Waals surface area contributed by atoms with Gasteiger partial charge in [0.25, 0.3) is 6.47 Å². The van der Waals surface area contributed by atoms with E-state index in [1.807, 2.05) is 25.1 Å². The Kier molecular flexibility index (Phi) is 7.40. The van der Waals surface area contributed by atoms with Gasteiger partial charge in [-0.3, -0.25) is 9.59 Å². The molecule has 0 aliphatic heterocycles. The Labute approximate surface area is 120 Å². The highest BCUT2D eigenvalue weighted by Crippen LogP contribution is 2.27. The quantitative estimate of drug-likeness (QED) is 0.396. The third kappa shape index (κ3) is 5.43. The molecule has 0 aliphatic rings. The number of rotatable bonds is 9. The minimum atomic E-state index is -0.242. The van der Waals surface area contributed by atoms with Gasteiger partial charge in [0.05, 0.1) is 5.92 Å². The Balaban J connectivity index is 2.44. The molecule has 0 fully saturated rings. The van der Waals surface area contributed by atoms with Gasteiger partial charge in [0.1, 0.15) is 13.2 Å². The van der Waals surface area contributed by atoms with Crippen molar-refractivity contribution in [3.63, 3.8) is 0 Å². The van der Waals surface area contributed by atoms with Gasteiger partial charge in [-0.15, -0.1) is 0 Å². The molecule has 0 spiro atoms. The maximum Gasteiger partial charge on any atom is 0.308 e. The Morgan fingerprint density at radius 3 is 2.55 bits per heavy atom. The highest BCUT2D eigenvalue weighted by molar-refractivity contribution is 5.72. The summed E-state index contributed by atoms with van der Waals surface area (Å²) in [6.07, 6.45) is 1.74. The molecule has 0 bridgehead atoms. The van der Waals surface area contributed by atoms with Crippen molar-refractivity contribution in [3.8, 4) is 0 Å². The van der Waals surface area contributed by atoms with E-state index in [-0.39, 0.29) is 25.1 Å². The summed E-state index contributed by atoms with van der Waals surface area (Å²) in [5, 5.41) is 0. The fraction of sp³-hybridized carbons (Fsp3) is 0.500. The van der Waals surface area contributed by atoms with Crippen LogP contribution in [0.3, 0.4) is 0 Å². The zero-order valence-electron chi connectivity index (χ0n) is 12.1. The first kappa shape index (κ1) is 16.2. The number of carbonyl (C=O) groups is 2. The van der Waals surface area contributed by atoms with Gasteiger partial charge >= 0.3 is 5.97 Å². The monoisotopic (exact) mass is 278 g/mol. The standard InChI is InChI=1S/C16H22O4/c1-3-14(15-7-5-4-6-8-15)11-13(2)16(18)20-10-9-19-12-17/h4-8,12-14H,3,9-11H2,1-2H3. The van der Waals surface area contributed by atoms with Crippen molar-refractivity contribution < 1.29 is 19.1 Å². The van der Waals surface area contributed by atoms with E-state index in [4.69, 9.17) is 4.74 Å². The maximum absolute atomic E-state index is 11.8. The van der Waals surface area contributed by atoms with Gasteiger partial charge in [-0.25, -0.2) is 0 Å². The van der Waals surface area contributed by atoms with Crippen molar-refractivity contribution in [2.24, 2.45) is 5.92 Å². The van der Waals surface area contributed by atoms with Gasteiger partial charge in [0.2, 0.25) is 0 Å². The van der Waals surface area contributed by atoms with Crippen molar-refractivity contribution in [2.75, 3.05) is 13.2 Å². The first-order valence-electron chi connectivity index (χ1n) is 6.95.